The first-order valence-electron chi connectivity index (χ1n) is 10.8. The number of piperidine rings is 1. The standard InChI is InChI=1S/C21H30N2O3S2/c24-21(22-19-4-3-14-10-15-12-17(11-14)18(19)13-15)16-5-7-23(8-6-16)28(25,26)20-2-1-9-27-20/h1-2,9,14-19H,3-8,10-13H2,(H,22,24). The van der Waals surface area contributed by atoms with Crippen LogP contribution in [-0.4, -0.2) is 37.8 Å². The largest absolute Gasteiger partial charge is 0.353 e. The molecule has 4 fully saturated rings. The lowest BCUT2D eigenvalue weighted by molar-refractivity contribution is -0.127. The molecule has 154 valence electrons. The highest BCUT2D eigenvalue weighted by molar-refractivity contribution is 7.91. The molecular weight excluding hydrogens is 392 g/mol. The van der Waals surface area contributed by atoms with E-state index in [4.69, 9.17) is 0 Å². The van der Waals surface area contributed by atoms with E-state index in [1.165, 1.54) is 43.4 Å². The van der Waals surface area contributed by atoms with Gasteiger partial charge in [0.25, 0.3) is 10.0 Å². The van der Waals surface area contributed by atoms with E-state index >= 15 is 0 Å². The smallest absolute Gasteiger partial charge is 0.252 e. The number of carbonyl (C=O) groups is 1. The van der Waals surface area contributed by atoms with Gasteiger partial charge in [0.15, 0.2) is 0 Å². The zero-order chi connectivity index (χ0) is 19.3. The Morgan fingerprint density at radius 2 is 1.82 bits per heavy atom. The number of amides is 1. The second-order valence-corrected chi connectivity index (χ2v) is 12.5. The van der Waals surface area contributed by atoms with Crippen molar-refractivity contribution in [3.63, 3.8) is 0 Å². The Bertz CT molecular complexity index is 815. The third-order valence-electron chi connectivity index (χ3n) is 7.79. The molecule has 3 bridgehead atoms. The summed E-state index contributed by atoms with van der Waals surface area (Å²) in [6.07, 6.45) is 9.15. The van der Waals surface area contributed by atoms with Crippen LogP contribution in [0.4, 0.5) is 0 Å². The Kier molecular flexibility index (Phi) is 5.04. The highest BCUT2D eigenvalue weighted by Crippen LogP contribution is 2.53. The fraction of sp³-hybridized carbons (Fsp3) is 0.762. The molecule has 4 aliphatic rings. The zero-order valence-electron chi connectivity index (χ0n) is 16.3. The van der Waals surface area contributed by atoms with E-state index in [1.807, 2.05) is 0 Å². The van der Waals surface area contributed by atoms with Crippen LogP contribution in [0.15, 0.2) is 21.7 Å². The van der Waals surface area contributed by atoms with Crippen molar-refractivity contribution in [3.8, 4) is 0 Å². The van der Waals surface area contributed by atoms with Gasteiger partial charge in [0.2, 0.25) is 5.91 Å². The molecule has 1 N–H and O–H groups in total. The van der Waals surface area contributed by atoms with Crippen molar-refractivity contribution in [3.05, 3.63) is 17.5 Å². The number of rotatable bonds is 4. The molecule has 0 spiro atoms. The molecular formula is C21H30N2O3S2. The number of nitrogens with zero attached hydrogens (tertiary/aromatic N) is 1. The van der Waals surface area contributed by atoms with Gasteiger partial charge in [-0.15, -0.1) is 11.3 Å². The minimum absolute atomic E-state index is 0.0487. The molecule has 5 nitrogen and oxygen atoms in total. The first-order chi connectivity index (χ1) is 13.5. The molecule has 2 heterocycles. The predicted molar refractivity (Wildman–Crippen MR) is 109 cm³/mol. The SMILES string of the molecule is O=C(NC1CCC2CC3CC(C2)C1C3)C1CCN(S(=O)(=O)c2cccs2)CC1. The highest BCUT2D eigenvalue weighted by atomic mass is 32.2. The lowest BCUT2D eigenvalue weighted by Gasteiger charge is -2.33. The van der Waals surface area contributed by atoms with Crippen molar-refractivity contribution < 1.29 is 13.2 Å². The fourth-order valence-corrected chi connectivity index (χ4v) is 9.08. The molecule has 0 radical (unpaired) electrons. The normalized spacial score (nSPS) is 36.4. The van der Waals surface area contributed by atoms with Gasteiger partial charge in [-0.25, -0.2) is 8.42 Å². The van der Waals surface area contributed by atoms with Gasteiger partial charge >= 0.3 is 0 Å². The van der Waals surface area contributed by atoms with Gasteiger partial charge < -0.3 is 5.32 Å². The molecule has 1 aromatic heterocycles. The molecule has 28 heavy (non-hydrogen) atoms. The van der Waals surface area contributed by atoms with Crippen molar-refractivity contribution in [2.24, 2.45) is 29.6 Å². The number of sulfonamides is 1. The van der Waals surface area contributed by atoms with Crippen LogP contribution in [0.3, 0.4) is 0 Å². The van der Waals surface area contributed by atoms with E-state index in [9.17, 15) is 13.2 Å². The number of carbonyl (C=O) groups excluding carboxylic acids is 1. The predicted octanol–water partition coefficient (Wildman–Crippen LogP) is 3.48. The van der Waals surface area contributed by atoms with Crippen LogP contribution in [0, 0.1) is 29.6 Å². The lowest BCUT2D eigenvalue weighted by Crippen LogP contribution is -2.47. The third-order valence-corrected chi connectivity index (χ3v) is 11.1. The van der Waals surface area contributed by atoms with Crippen molar-refractivity contribution >= 4 is 27.3 Å². The fourth-order valence-electron chi connectivity index (χ4n) is 6.47. The van der Waals surface area contributed by atoms with Gasteiger partial charge in [-0.1, -0.05) is 6.07 Å². The van der Waals surface area contributed by atoms with E-state index in [1.54, 1.807) is 21.8 Å². The van der Waals surface area contributed by atoms with Crippen molar-refractivity contribution in [2.75, 3.05) is 13.1 Å². The highest BCUT2D eigenvalue weighted by Gasteiger charge is 2.47. The Hall–Kier alpha value is -0.920. The maximum Gasteiger partial charge on any atom is 0.252 e. The minimum atomic E-state index is -3.39. The van der Waals surface area contributed by atoms with Crippen LogP contribution in [0.5, 0.6) is 0 Å². The number of thiophene rings is 1. The monoisotopic (exact) mass is 422 g/mol. The van der Waals surface area contributed by atoms with E-state index in [-0.39, 0.29) is 11.8 Å². The second-order valence-electron chi connectivity index (χ2n) is 9.40. The van der Waals surface area contributed by atoms with Gasteiger partial charge in [-0.3, -0.25) is 4.79 Å². The molecule has 1 aromatic rings. The van der Waals surface area contributed by atoms with Gasteiger partial charge in [-0.2, -0.15) is 4.31 Å². The maximum absolute atomic E-state index is 13.0. The summed E-state index contributed by atoms with van der Waals surface area (Å²) in [5, 5.41) is 5.21. The number of fused-ring (bicyclic) bond motifs is 2. The Morgan fingerprint density at radius 1 is 1.04 bits per heavy atom. The van der Waals surface area contributed by atoms with E-state index in [0.29, 0.717) is 42.1 Å². The van der Waals surface area contributed by atoms with Gasteiger partial charge in [0.05, 0.1) is 0 Å². The second kappa shape index (κ2) is 7.40. The summed E-state index contributed by atoms with van der Waals surface area (Å²) in [6.45, 7) is 0.887. The first-order valence-corrected chi connectivity index (χ1v) is 13.2. The summed E-state index contributed by atoms with van der Waals surface area (Å²) in [4.78, 5) is 13.0. The summed E-state index contributed by atoms with van der Waals surface area (Å²) in [5.41, 5.74) is 0. The van der Waals surface area contributed by atoms with Crippen LogP contribution in [0.25, 0.3) is 0 Å². The van der Waals surface area contributed by atoms with Crippen LogP contribution in [0.1, 0.15) is 51.4 Å². The summed E-state index contributed by atoms with van der Waals surface area (Å²) in [7, 11) is -3.39. The van der Waals surface area contributed by atoms with Crippen LogP contribution >= 0.6 is 11.3 Å². The van der Waals surface area contributed by atoms with E-state index in [2.05, 4.69) is 5.32 Å². The summed E-state index contributed by atoms with van der Waals surface area (Å²) < 4.78 is 27.3. The van der Waals surface area contributed by atoms with E-state index in [0.717, 1.165) is 24.2 Å². The minimum Gasteiger partial charge on any atom is -0.353 e. The van der Waals surface area contributed by atoms with Crippen LogP contribution in [0.2, 0.25) is 0 Å². The Labute approximate surface area is 171 Å². The van der Waals surface area contributed by atoms with Crippen molar-refractivity contribution in [2.45, 2.75) is 61.6 Å². The van der Waals surface area contributed by atoms with Gasteiger partial charge in [0, 0.05) is 25.0 Å². The summed E-state index contributed by atoms with van der Waals surface area (Å²) >= 11 is 1.26. The van der Waals surface area contributed by atoms with Crippen molar-refractivity contribution in [1.29, 1.82) is 0 Å². The van der Waals surface area contributed by atoms with Gasteiger partial charge in [-0.05, 0) is 86.5 Å². The molecule has 1 saturated heterocycles. The Morgan fingerprint density at radius 3 is 2.57 bits per heavy atom. The maximum atomic E-state index is 13.0. The molecule has 1 amide bonds. The molecule has 3 saturated carbocycles. The molecule has 0 aromatic carbocycles. The summed E-state index contributed by atoms with van der Waals surface area (Å²) in [6, 6.07) is 3.78. The number of nitrogens with one attached hydrogen (secondary N) is 1. The molecule has 5 rings (SSSR count). The van der Waals surface area contributed by atoms with Crippen LogP contribution < -0.4 is 5.32 Å². The van der Waals surface area contributed by atoms with Crippen molar-refractivity contribution in [1.82, 2.24) is 9.62 Å². The topological polar surface area (TPSA) is 66.5 Å². The summed E-state index contributed by atoms with van der Waals surface area (Å²) in [5.74, 6) is 3.42. The molecule has 5 unspecified atom stereocenters. The third kappa shape index (κ3) is 3.43. The van der Waals surface area contributed by atoms with Crippen LogP contribution in [-0.2, 0) is 14.8 Å². The van der Waals surface area contributed by atoms with E-state index < -0.39 is 10.0 Å². The number of hydrogen-bond acceptors (Lipinski definition) is 4. The zero-order valence-corrected chi connectivity index (χ0v) is 17.9. The molecule has 3 aliphatic carbocycles. The molecule has 7 heteroatoms. The molecule has 1 aliphatic heterocycles. The first kappa shape index (κ1) is 19.1. The average Bonchev–Trinajstić information content (AvgIpc) is 3.31. The van der Waals surface area contributed by atoms with Gasteiger partial charge in [0.1, 0.15) is 4.21 Å². The Balaban J connectivity index is 1.19. The average molecular weight is 423 g/mol. The quantitative estimate of drug-likeness (QED) is 0.808. The number of hydrogen-bond donors (Lipinski definition) is 1. The molecule has 5 atom stereocenters. The lowest BCUT2D eigenvalue weighted by atomic mass is 9.80.